The molecule has 0 aromatic carbocycles. The zero-order valence-corrected chi connectivity index (χ0v) is 9.36. The van der Waals surface area contributed by atoms with Gasteiger partial charge in [-0.05, 0) is 20.8 Å². The monoisotopic (exact) mass is 219 g/mol. The average molecular weight is 219 g/mol. The van der Waals surface area contributed by atoms with Crippen molar-refractivity contribution in [3.05, 3.63) is 0 Å². The number of amides is 1. The van der Waals surface area contributed by atoms with Crippen LogP contribution in [0.15, 0.2) is 0 Å². The highest BCUT2D eigenvalue weighted by Gasteiger charge is 2.24. The molecule has 2 N–H and O–H groups in total. The zero-order valence-electron chi connectivity index (χ0n) is 9.36. The lowest BCUT2D eigenvalue weighted by Gasteiger charge is -2.21. The van der Waals surface area contributed by atoms with Gasteiger partial charge in [0, 0.05) is 5.54 Å². The van der Waals surface area contributed by atoms with Crippen LogP contribution < -0.4 is 5.32 Å². The third kappa shape index (κ3) is 5.90. The van der Waals surface area contributed by atoms with Crippen LogP contribution in [0.3, 0.4) is 0 Å². The third-order valence-electron chi connectivity index (χ3n) is 1.36. The number of rotatable bonds is 3. The number of aliphatic hydroxyl groups is 1. The van der Waals surface area contributed by atoms with Gasteiger partial charge in [-0.25, -0.2) is 9.59 Å². The number of hydrogen-bond donors (Lipinski definition) is 2. The van der Waals surface area contributed by atoms with E-state index < -0.39 is 30.3 Å². The van der Waals surface area contributed by atoms with E-state index in [2.05, 4.69) is 14.8 Å². The second-order valence-electron chi connectivity index (χ2n) is 3.97. The van der Waals surface area contributed by atoms with Gasteiger partial charge in [-0.3, -0.25) is 0 Å². The molecule has 0 spiro atoms. The highest BCUT2D eigenvalue weighted by atomic mass is 16.6. The molecule has 88 valence electrons. The van der Waals surface area contributed by atoms with Crippen LogP contribution in [-0.2, 0) is 14.3 Å². The lowest BCUT2D eigenvalue weighted by Crippen LogP contribution is -2.44. The Morgan fingerprint density at radius 3 is 2.27 bits per heavy atom. The normalized spacial score (nSPS) is 12.9. The number of methoxy groups -OCH3 is 1. The van der Waals surface area contributed by atoms with Gasteiger partial charge < -0.3 is 19.9 Å². The molecule has 15 heavy (non-hydrogen) atoms. The fourth-order valence-electron chi connectivity index (χ4n) is 0.756. The Balaban J connectivity index is 4.20. The van der Waals surface area contributed by atoms with Gasteiger partial charge in [-0.1, -0.05) is 0 Å². The van der Waals surface area contributed by atoms with Crippen molar-refractivity contribution in [1.29, 1.82) is 0 Å². The summed E-state index contributed by atoms with van der Waals surface area (Å²) in [4.78, 5) is 22.2. The van der Waals surface area contributed by atoms with E-state index >= 15 is 0 Å². The molecule has 6 heteroatoms. The summed E-state index contributed by atoms with van der Waals surface area (Å²) < 4.78 is 8.98. The molecule has 1 atom stereocenters. The molecule has 0 aromatic heterocycles. The van der Waals surface area contributed by atoms with E-state index in [9.17, 15) is 9.59 Å². The summed E-state index contributed by atoms with van der Waals surface area (Å²) >= 11 is 0. The Bertz CT molecular complexity index is 233. The molecule has 0 fully saturated rings. The van der Waals surface area contributed by atoms with Crippen molar-refractivity contribution in [1.82, 2.24) is 5.32 Å². The number of hydrogen-bond acceptors (Lipinski definition) is 5. The summed E-state index contributed by atoms with van der Waals surface area (Å²) in [6.45, 7) is 4.69. The fourth-order valence-corrected chi connectivity index (χ4v) is 0.756. The molecule has 0 heterocycles. The van der Waals surface area contributed by atoms with Crippen LogP contribution in [0.5, 0.6) is 0 Å². The first-order valence-electron chi connectivity index (χ1n) is 4.47. The van der Waals surface area contributed by atoms with Crippen molar-refractivity contribution >= 4 is 12.1 Å². The molecule has 0 saturated heterocycles. The Morgan fingerprint density at radius 2 is 1.93 bits per heavy atom. The molecule has 0 aliphatic rings. The minimum Gasteiger partial charge on any atom is -0.466 e. The number of carbonyl (C=O) groups excluding carboxylic acids is 2. The van der Waals surface area contributed by atoms with Gasteiger partial charge in [0.2, 0.25) is 6.10 Å². The number of nitrogens with one attached hydrogen (secondary N) is 1. The van der Waals surface area contributed by atoms with E-state index in [4.69, 9.17) is 5.11 Å². The molecule has 6 nitrogen and oxygen atoms in total. The lowest BCUT2D eigenvalue weighted by molar-refractivity contribution is -0.152. The maximum absolute atomic E-state index is 11.2. The number of esters is 1. The highest BCUT2D eigenvalue weighted by molar-refractivity contribution is 5.79. The van der Waals surface area contributed by atoms with Crippen molar-refractivity contribution in [2.24, 2.45) is 0 Å². The molecule has 0 saturated carbocycles. The summed E-state index contributed by atoms with van der Waals surface area (Å²) in [5.41, 5.74) is -0.465. The first-order chi connectivity index (χ1) is 6.80. The van der Waals surface area contributed by atoms with Crippen LogP contribution in [-0.4, -0.2) is 42.5 Å². The predicted octanol–water partition coefficient (Wildman–Crippen LogP) is 0.0450. The second-order valence-corrected chi connectivity index (χ2v) is 3.97. The van der Waals surface area contributed by atoms with E-state index in [0.717, 1.165) is 7.11 Å². The fraction of sp³-hybridized carbons (Fsp3) is 0.778. The van der Waals surface area contributed by atoms with Crippen LogP contribution in [0.1, 0.15) is 20.8 Å². The lowest BCUT2D eigenvalue weighted by atomic mass is 10.1. The van der Waals surface area contributed by atoms with Crippen LogP contribution in [0, 0.1) is 0 Å². The molecule has 0 radical (unpaired) electrons. The molecule has 0 aromatic rings. The molecular weight excluding hydrogens is 202 g/mol. The number of aliphatic hydroxyl groups excluding tert-OH is 1. The Labute approximate surface area is 88.6 Å². The van der Waals surface area contributed by atoms with E-state index in [1.807, 2.05) is 0 Å². The Kier molecular flexibility index (Phi) is 5.07. The molecule has 0 rings (SSSR count). The molecular formula is C9H17NO5. The van der Waals surface area contributed by atoms with E-state index in [0.29, 0.717) is 0 Å². The standard InChI is InChI=1S/C9H17NO5/c1-9(2,3)10-8(13)15-6(5-11)7(12)14-4/h6,11H,5H2,1-4H3,(H,10,13). The number of carbonyl (C=O) groups is 2. The summed E-state index contributed by atoms with van der Waals surface area (Å²) in [6.07, 6.45) is -2.05. The van der Waals surface area contributed by atoms with E-state index in [1.165, 1.54) is 0 Å². The van der Waals surface area contributed by atoms with Crippen molar-refractivity contribution in [3.63, 3.8) is 0 Å². The van der Waals surface area contributed by atoms with Crippen molar-refractivity contribution in [2.75, 3.05) is 13.7 Å². The summed E-state index contributed by atoms with van der Waals surface area (Å²) in [5, 5.41) is 11.3. The van der Waals surface area contributed by atoms with Gasteiger partial charge in [0.25, 0.3) is 0 Å². The molecule has 1 amide bonds. The van der Waals surface area contributed by atoms with Gasteiger partial charge in [0.15, 0.2) is 0 Å². The summed E-state index contributed by atoms with van der Waals surface area (Å²) in [5.74, 6) is -0.790. The smallest absolute Gasteiger partial charge is 0.408 e. The first kappa shape index (κ1) is 13.7. The van der Waals surface area contributed by atoms with Gasteiger partial charge in [0.05, 0.1) is 13.7 Å². The SMILES string of the molecule is COC(=O)C(CO)OC(=O)NC(C)(C)C. The van der Waals surface area contributed by atoms with Crippen molar-refractivity contribution in [2.45, 2.75) is 32.4 Å². The van der Waals surface area contributed by atoms with Gasteiger partial charge >= 0.3 is 12.1 Å². The van der Waals surface area contributed by atoms with E-state index in [1.54, 1.807) is 20.8 Å². The molecule has 0 bridgehead atoms. The van der Waals surface area contributed by atoms with Crippen LogP contribution >= 0.6 is 0 Å². The number of ether oxygens (including phenoxy) is 2. The summed E-state index contributed by atoms with van der Waals surface area (Å²) in [6, 6.07) is 0. The molecule has 1 unspecified atom stereocenters. The third-order valence-corrected chi connectivity index (χ3v) is 1.36. The Morgan fingerprint density at radius 1 is 1.40 bits per heavy atom. The maximum atomic E-state index is 11.2. The summed E-state index contributed by atoms with van der Waals surface area (Å²) in [7, 11) is 1.15. The first-order valence-corrected chi connectivity index (χ1v) is 4.47. The van der Waals surface area contributed by atoms with Crippen LogP contribution in [0.25, 0.3) is 0 Å². The van der Waals surface area contributed by atoms with Crippen molar-refractivity contribution < 1.29 is 24.2 Å². The number of alkyl carbamates (subject to hydrolysis) is 1. The van der Waals surface area contributed by atoms with Crippen molar-refractivity contribution in [3.8, 4) is 0 Å². The molecule has 0 aliphatic heterocycles. The molecule has 0 aliphatic carbocycles. The maximum Gasteiger partial charge on any atom is 0.408 e. The largest absolute Gasteiger partial charge is 0.466 e. The van der Waals surface area contributed by atoms with Gasteiger partial charge in [-0.2, -0.15) is 0 Å². The highest BCUT2D eigenvalue weighted by Crippen LogP contribution is 2.01. The topological polar surface area (TPSA) is 84.9 Å². The average Bonchev–Trinajstić information content (AvgIpc) is 2.10. The predicted molar refractivity (Wildman–Crippen MR) is 52.3 cm³/mol. The van der Waals surface area contributed by atoms with Gasteiger partial charge in [-0.15, -0.1) is 0 Å². The minimum absolute atomic E-state index is 0.465. The Hall–Kier alpha value is -1.30. The second kappa shape index (κ2) is 5.55. The van der Waals surface area contributed by atoms with Crippen LogP contribution in [0.4, 0.5) is 4.79 Å². The minimum atomic E-state index is -1.28. The quantitative estimate of drug-likeness (QED) is 0.655. The van der Waals surface area contributed by atoms with E-state index in [-0.39, 0.29) is 0 Å². The van der Waals surface area contributed by atoms with Crippen LogP contribution in [0.2, 0.25) is 0 Å². The zero-order chi connectivity index (χ0) is 12.1. The van der Waals surface area contributed by atoms with Gasteiger partial charge in [0.1, 0.15) is 0 Å².